The second-order valence-corrected chi connectivity index (χ2v) is 11.1. The van der Waals surface area contributed by atoms with Gasteiger partial charge in [-0.1, -0.05) is 78.3 Å². The molecule has 3 aromatic rings. The van der Waals surface area contributed by atoms with Gasteiger partial charge in [-0.2, -0.15) is 0 Å². The van der Waals surface area contributed by atoms with E-state index >= 15 is 0 Å². The average molecular weight is 542 g/mol. The van der Waals surface area contributed by atoms with Crippen LogP contribution in [0.2, 0.25) is 5.02 Å². The summed E-state index contributed by atoms with van der Waals surface area (Å²) >= 11 is 6.39. The molecule has 1 N–H and O–H groups in total. The lowest BCUT2D eigenvalue weighted by Crippen LogP contribution is -2.49. The Morgan fingerprint density at radius 2 is 1.51 bits per heavy atom. The first-order valence-corrected chi connectivity index (χ1v) is 13.9. The third kappa shape index (κ3) is 7.64. The van der Waals surface area contributed by atoms with Gasteiger partial charge in [-0.05, 0) is 35.7 Å². The number of carbonyl (C=O) groups is 2. The number of sulfonamides is 1. The molecule has 0 spiro atoms. The maximum Gasteiger partial charge on any atom is 0.242 e. The van der Waals surface area contributed by atoms with Crippen molar-refractivity contribution in [3.63, 3.8) is 0 Å². The zero-order chi connectivity index (χ0) is 26.8. The highest BCUT2D eigenvalue weighted by molar-refractivity contribution is 7.89. The van der Waals surface area contributed by atoms with Crippen LogP contribution >= 0.6 is 11.6 Å². The first kappa shape index (κ1) is 28.4. The molecule has 0 bridgehead atoms. The topological polar surface area (TPSA) is 86.8 Å². The van der Waals surface area contributed by atoms with E-state index in [0.29, 0.717) is 17.9 Å². The summed E-state index contributed by atoms with van der Waals surface area (Å²) in [4.78, 5) is 28.3. The van der Waals surface area contributed by atoms with E-state index < -0.39 is 16.1 Å². The predicted molar refractivity (Wildman–Crippen MR) is 145 cm³/mol. The molecule has 7 nitrogen and oxygen atoms in total. The minimum atomic E-state index is -3.66. The van der Waals surface area contributed by atoms with Crippen molar-refractivity contribution < 1.29 is 18.0 Å². The van der Waals surface area contributed by atoms with Crippen molar-refractivity contribution in [1.29, 1.82) is 0 Å². The van der Waals surface area contributed by atoms with Crippen LogP contribution in [0, 0.1) is 0 Å². The molecule has 0 aliphatic carbocycles. The Morgan fingerprint density at radius 3 is 2.14 bits per heavy atom. The fraction of sp³-hybridized carbons (Fsp3) is 0.286. The van der Waals surface area contributed by atoms with Crippen LogP contribution in [0.1, 0.15) is 24.0 Å². The van der Waals surface area contributed by atoms with Gasteiger partial charge in [-0.3, -0.25) is 9.59 Å². The van der Waals surface area contributed by atoms with Gasteiger partial charge in [-0.25, -0.2) is 12.7 Å². The highest BCUT2D eigenvalue weighted by atomic mass is 35.5. The lowest BCUT2D eigenvalue weighted by atomic mass is 10.0. The summed E-state index contributed by atoms with van der Waals surface area (Å²) in [5.74, 6) is -0.539. The second-order valence-electron chi connectivity index (χ2n) is 8.68. The summed E-state index contributed by atoms with van der Waals surface area (Å²) in [5.41, 5.74) is 1.64. The summed E-state index contributed by atoms with van der Waals surface area (Å²) in [6, 6.07) is 24.1. The number of rotatable bonds is 12. The highest BCUT2D eigenvalue weighted by Crippen LogP contribution is 2.22. The van der Waals surface area contributed by atoms with Gasteiger partial charge < -0.3 is 10.2 Å². The maximum absolute atomic E-state index is 13.5. The van der Waals surface area contributed by atoms with Gasteiger partial charge in [0.2, 0.25) is 21.8 Å². The third-order valence-electron chi connectivity index (χ3n) is 6.13. The smallest absolute Gasteiger partial charge is 0.242 e. The fourth-order valence-corrected chi connectivity index (χ4v) is 5.45. The lowest BCUT2D eigenvalue weighted by Gasteiger charge is -2.31. The molecule has 0 saturated carbocycles. The van der Waals surface area contributed by atoms with Crippen molar-refractivity contribution in [3.05, 3.63) is 101 Å². The van der Waals surface area contributed by atoms with Crippen LogP contribution in [-0.2, 0) is 32.6 Å². The summed E-state index contributed by atoms with van der Waals surface area (Å²) in [6.45, 7) is 0.313. The molecule has 0 aromatic heterocycles. The van der Waals surface area contributed by atoms with E-state index in [1.165, 1.54) is 11.4 Å². The monoisotopic (exact) mass is 541 g/mol. The van der Waals surface area contributed by atoms with Gasteiger partial charge in [-0.15, -0.1) is 0 Å². The molecule has 3 aromatic carbocycles. The van der Waals surface area contributed by atoms with Crippen molar-refractivity contribution in [3.8, 4) is 0 Å². The molecular weight excluding hydrogens is 510 g/mol. The number of carbonyl (C=O) groups excluding carboxylic acids is 2. The van der Waals surface area contributed by atoms with E-state index in [2.05, 4.69) is 5.32 Å². The molecule has 3 rings (SSSR count). The number of hydrogen-bond acceptors (Lipinski definition) is 4. The molecule has 0 aliphatic rings. The molecule has 9 heteroatoms. The van der Waals surface area contributed by atoms with Gasteiger partial charge in [0.05, 0.1) is 4.90 Å². The number of nitrogens with one attached hydrogen (secondary N) is 1. The summed E-state index contributed by atoms with van der Waals surface area (Å²) < 4.78 is 26.9. The van der Waals surface area contributed by atoms with Crippen molar-refractivity contribution in [2.24, 2.45) is 0 Å². The molecule has 37 heavy (non-hydrogen) atoms. The standard InChI is InChI=1S/C28H32ClN3O4S/c1-30-28(34)26(20-22-12-5-3-6-13-22)32(21-23-14-9-10-17-25(23)29)27(33)18-11-19-31(2)37(35,36)24-15-7-4-8-16-24/h3-10,12-17,26H,11,18-21H2,1-2H3,(H,30,34)/t26-/m0/s1. The predicted octanol–water partition coefficient (Wildman–Crippen LogP) is 4.13. The quantitative estimate of drug-likeness (QED) is 0.373. The van der Waals surface area contributed by atoms with E-state index in [-0.39, 0.29) is 36.2 Å². The fourth-order valence-electron chi connectivity index (χ4n) is 4.02. The number of amides is 2. The molecule has 0 fully saturated rings. The highest BCUT2D eigenvalue weighted by Gasteiger charge is 2.30. The van der Waals surface area contributed by atoms with E-state index in [0.717, 1.165) is 11.1 Å². The van der Waals surface area contributed by atoms with Crippen molar-refractivity contribution in [1.82, 2.24) is 14.5 Å². The molecule has 0 heterocycles. The van der Waals surface area contributed by atoms with Crippen LogP contribution in [0.15, 0.2) is 89.8 Å². The SMILES string of the molecule is CNC(=O)[C@H](Cc1ccccc1)N(Cc1ccccc1Cl)C(=O)CCCN(C)S(=O)(=O)c1ccccc1. The molecule has 0 aliphatic heterocycles. The molecule has 1 atom stereocenters. The molecule has 0 radical (unpaired) electrons. The summed E-state index contributed by atoms with van der Waals surface area (Å²) in [7, 11) is -0.618. The average Bonchev–Trinajstić information content (AvgIpc) is 2.92. The van der Waals surface area contributed by atoms with E-state index in [9.17, 15) is 18.0 Å². The Morgan fingerprint density at radius 1 is 0.919 bits per heavy atom. The third-order valence-corrected chi connectivity index (χ3v) is 8.37. The lowest BCUT2D eigenvalue weighted by molar-refractivity contribution is -0.141. The maximum atomic E-state index is 13.5. The molecule has 0 saturated heterocycles. The summed E-state index contributed by atoms with van der Waals surface area (Å²) in [5, 5.41) is 3.18. The number of benzene rings is 3. The Bertz CT molecular complexity index is 1290. The van der Waals surface area contributed by atoms with Crippen molar-refractivity contribution >= 4 is 33.4 Å². The zero-order valence-corrected chi connectivity index (χ0v) is 22.6. The Labute approximate surface area is 224 Å². The van der Waals surface area contributed by atoms with Gasteiger partial charge in [0.15, 0.2) is 0 Å². The van der Waals surface area contributed by atoms with Gasteiger partial charge in [0.25, 0.3) is 0 Å². The van der Waals surface area contributed by atoms with Gasteiger partial charge >= 0.3 is 0 Å². The molecule has 196 valence electrons. The van der Waals surface area contributed by atoms with Crippen LogP contribution in [0.4, 0.5) is 0 Å². The summed E-state index contributed by atoms with van der Waals surface area (Å²) in [6.07, 6.45) is 0.701. The van der Waals surface area contributed by atoms with Crippen LogP contribution in [-0.4, -0.2) is 56.1 Å². The number of hydrogen-bond donors (Lipinski definition) is 1. The number of halogens is 1. The number of likely N-dealkylation sites (N-methyl/N-ethyl adjacent to an activating group) is 1. The van der Waals surface area contributed by atoms with Crippen LogP contribution in [0.25, 0.3) is 0 Å². The van der Waals surface area contributed by atoms with Crippen LogP contribution in [0.3, 0.4) is 0 Å². The largest absolute Gasteiger partial charge is 0.357 e. The minimum absolute atomic E-state index is 0.0708. The van der Waals surface area contributed by atoms with Crippen LogP contribution < -0.4 is 5.32 Å². The second kappa shape index (κ2) is 13.4. The van der Waals surface area contributed by atoms with E-state index in [1.807, 2.05) is 42.5 Å². The van der Waals surface area contributed by atoms with Crippen molar-refractivity contribution in [2.45, 2.75) is 36.7 Å². The van der Waals surface area contributed by atoms with E-state index in [1.54, 1.807) is 54.4 Å². The number of nitrogens with zero attached hydrogens (tertiary/aromatic N) is 2. The Kier molecular flexibility index (Phi) is 10.3. The molecular formula is C28H32ClN3O4S. The first-order valence-electron chi connectivity index (χ1n) is 12.0. The zero-order valence-electron chi connectivity index (χ0n) is 21.0. The Balaban J connectivity index is 1.79. The molecule has 2 amide bonds. The minimum Gasteiger partial charge on any atom is -0.357 e. The molecule has 0 unspecified atom stereocenters. The van der Waals surface area contributed by atoms with Gasteiger partial charge in [0.1, 0.15) is 6.04 Å². The first-order chi connectivity index (χ1) is 17.7. The van der Waals surface area contributed by atoms with Crippen LogP contribution in [0.5, 0.6) is 0 Å². The normalized spacial score (nSPS) is 12.2. The Hall–Kier alpha value is -3.20. The van der Waals surface area contributed by atoms with E-state index in [4.69, 9.17) is 11.6 Å². The van der Waals surface area contributed by atoms with Gasteiger partial charge in [0, 0.05) is 45.0 Å². The van der Waals surface area contributed by atoms with Crippen molar-refractivity contribution in [2.75, 3.05) is 20.6 Å².